The number of benzene rings is 1. The minimum Gasteiger partial charge on any atom is -0.335 e. The van der Waals surface area contributed by atoms with E-state index in [4.69, 9.17) is 16.6 Å². The van der Waals surface area contributed by atoms with Crippen molar-refractivity contribution in [3.8, 4) is 10.6 Å². The molecule has 1 amide bonds. The van der Waals surface area contributed by atoms with Crippen LogP contribution in [0.5, 0.6) is 0 Å². The van der Waals surface area contributed by atoms with E-state index in [1.54, 1.807) is 23.1 Å². The van der Waals surface area contributed by atoms with Gasteiger partial charge in [-0.3, -0.25) is 4.79 Å². The van der Waals surface area contributed by atoms with Crippen LogP contribution in [0.2, 0.25) is 5.02 Å². The van der Waals surface area contributed by atoms with E-state index in [1.165, 1.54) is 0 Å². The molecule has 0 saturated carbocycles. The first-order valence-electron chi connectivity index (χ1n) is 10.2. The molecule has 0 radical (unpaired) electrons. The van der Waals surface area contributed by atoms with Crippen molar-refractivity contribution in [3.63, 3.8) is 0 Å². The monoisotopic (exact) mass is 461 g/mol. The Bertz CT molecular complexity index is 1020. The number of amides is 1. The lowest BCUT2D eigenvalue weighted by Crippen LogP contribution is -2.31. The topological polar surface area (TPSA) is 63.9 Å². The second kappa shape index (κ2) is 9.94. The van der Waals surface area contributed by atoms with Gasteiger partial charge in [0.15, 0.2) is 11.0 Å². The zero-order chi connectivity index (χ0) is 20.9. The average molecular weight is 462 g/mol. The van der Waals surface area contributed by atoms with Crippen molar-refractivity contribution < 1.29 is 4.79 Å². The summed E-state index contributed by atoms with van der Waals surface area (Å²) in [6.07, 6.45) is 3.80. The summed E-state index contributed by atoms with van der Waals surface area (Å²) in [5.41, 5.74) is 1.95. The molecule has 1 saturated heterocycles. The molecule has 0 atom stereocenters. The summed E-state index contributed by atoms with van der Waals surface area (Å²) in [4.78, 5) is 19.0. The van der Waals surface area contributed by atoms with E-state index in [0.717, 1.165) is 59.6 Å². The minimum absolute atomic E-state index is 0.224. The summed E-state index contributed by atoms with van der Waals surface area (Å²) < 4.78 is 2.10. The Hall–Kier alpha value is -1.90. The molecule has 0 spiro atoms. The Morgan fingerprint density at radius 1 is 1.20 bits per heavy atom. The van der Waals surface area contributed by atoms with Gasteiger partial charge in [-0.05, 0) is 25.8 Å². The lowest BCUT2D eigenvalue weighted by molar-refractivity contribution is -0.131. The largest absolute Gasteiger partial charge is 0.335 e. The third-order valence-corrected chi connectivity index (χ3v) is 7.37. The molecule has 158 valence electrons. The molecule has 3 heterocycles. The minimum atomic E-state index is 0.224. The molecular formula is C21H24ClN5OS2. The molecule has 4 rings (SSSR count). The van der Waals surface area contributed by atoms with Gasteiger partial charge in [0, 0.05) is 36.2 Å². The van der Waals surface area contributed by atoms with E-state index in [1.807, 2.05) is 29.2 Å². The van der Waals surface area contributed by atoms with E-state index in [0.29, 0.717) is 23.7 Å². The molecule has 0 unspecified atom stereocenters. The van der Waals surface area contributed by atoms with Gasteiger partial charge in [0.25, 0.3) is 0 Å². The Kier molecular flexibility index (Phi) is 7.07. The van der Waals surface area contributed by atoms with Gasteiger partial charge in [-0.15, -0.1) is 21.5 Å². The molecule has 3 aromatic rings. The summed E-state index contributed by atoms with van der Waals surface area (Å²) in [6.45, 7) is 4.20. The number of aromatic nitrogens is 4. The quantitative estimate of drug-likeness (QED) is 0.448. The maximum absolute atomic E-state index is 12.3. The van der Waals surface area contributed by atoms with Crippen molar-refractivity contribution in [3.05, 3.63) is 46.2 Å². The molecule has 9 heteroatoms. The van der Waals surface area contributed by atoms with E-state index in [2.05, 4.69) is 27.1 Å². The zero-order valence-corrected chi connectivity index (χ0v) is 19.3. The molecule has 0 N–H and O–H groups in total. The van der Waals surface area contributed by atoms with Gasteiger partial charge < -0.3 is 9.47 Å². The molecule has 1 aromatic carbocycles. The number of hydrogen-bond donors (Lipinski definition) is 0. The predicted molar refractivity (Wildman–Crippen MR) is 122 cm³/mol. The zero-order valence-electron chi connectivity index (χ0n) is 16.9. The average Bonchev–Trinajstić information content (AvgIpc) is 3.32. The maximum atomic E-state index is 12.3. The molecule has 1 fully saturated rings. The standard InChI is InChI=1S/C21H24ClN5OS2/c1-2-27-18(12-26-11-7-3-4-10-19(26)28)24-25-21(27)30-14-15-13-29-20(23-15)16-8-5-6-9-17(16)22/h5-6,8-9,13H,2-4,7,10-12,14H2,1H3. The summed E-state index contributed by atoms with van der Waals surface area (Å²) >= 11 is 9.51. The number of carbonyl (C=O) groups excluding carboxylic acids is 1. The van der Waals surface area contributed by atoms with E-state index < -0.39 is 0 Å². The Balaban J connectivity index is 1.43. The summed E-state index contributed by atoms with van der Waals surface area (Å²) in [7, 11) is 0. The van der Waals surface area contributed by atoms with Gasteiger partial charge in [0.05, 0.1) is 17.3 Å². The van der Waals surface area contributed by atoms with Crippen LogP contribution in [0, 0.1) is 0 Å². The van der Waals surface area contributed by atoms with E-state index in [-0.39, 0.29) is 5.91 Å². The van der Waals surface area contributed by atoms with Crippen LogP contribution in [-0.2, 0) is 23.6 Å². The van der Waals surface area contributed by atoms with E-state index in [9.17, 15) is 4.79 Å². The number of carbonyl (C=O) groups is 1. The number of thioether (sulfide) groups is 1. The highest BCUT2D eigenvalue weighted by molar-refractivity contribution is 7.98. The fourth-order valence-electron chi connectivity index (χ4n) is 3.51. The third-order valence-electron chi connectivity index (χ3n) is 5.12. The van der Waals surface area contributed by atoms with Crippen LogP contribution >= 0.6 is 34.7 Å². The summed E-state index contributed by atoms with van der Waals surface area (Å²) in [5.74, 6) is 1.79. The highest BCUT2D eigenvalue weighted by Crippen LogP contribution is 2.32. The van der Waals surface area contributed by atoms with E-state index >= 15 is 0 Å². The van der Waals surface area contributed by atoms with Crippen LogP contribution in [0.25, 0.3) is 10.6 Å². The molecule has 30 heavy (non-hydrogen) atoms. The first kappa shape index (κ1) is 21.3. The molecular weight excluding hydrogens is 438 g/mol. The second-order valence-corrected chi connectivity index (χ2v) is 9.39. The number of nitrogens with zero attached hydrogens (tertiary/aromatic N) is 5. The first-order chi connectivity index (χ1) is 14.7. The predicted octanol–water partition coefficient (Wildman–Crippen LogP) is 5.27. The highest BCUT2D eigenvalue weighted by atomic mass is 35.5. The molecule has 1 aliphatic heterocycles. The van der Waals surface area contributed by atoms with Crippen LogP contribution in [0.4, 0.5) is 0 Å². The van der Waals surface area contributed by atoms with Crippen molar-refractivity contribution in [2.75, 3.05) is 6.54 Å². The molecule has 1 aliphatic rings. The Morgan fingerprint density at radius 2 is 2.07 bits per heavy atom. The summed E-state index contributed by atoms with van der Waals surface area (Å²) in [6, 6.07) is 7.76. The second-order valence-electron chi connectivity index (χ2n) is 7.18. The smallest absolute Gasteiger partial charge is 0.222 e. The fraction of sp³-hybridized carbons (Fsp3) is 0.429. The fourth-order valence-corrected chi connectivity index (χ4v) is 5.67. The number of hydrogen-bond acceptors (Lipinski definition) is 6. The number of halogens is 1. The van der Waals surface area contributed by atoms with Crippen molar-refractivity contribution in [1.29, 1.82) is 0 Å². The lowest BCUT2D eigenvalue weighted by atomic mass is 10.2. The van der Waals surface area contributed by atoms with Crippen LogP contribution in [0.15, 0.2) is 34.8 Å². The van der Waals surface area contributed by atoms with Gasteiger partial charge in [-0.1, -0.05) is 48.0 Å². The van der Waals surface area contributed by atoms with Gasteiger partial charge in [0.1, 0.15) is 5.01 Å². The molecule has 0 aliphatic carbocycles. The molecule has 6 nitrogen and oxygen atoms in total. The van der Waals surface area contributed by atoms with Gasteiger partial charge in [0.2, 0.25) is 5.91 Å². The van der Waals surface area contributed by atoms with Crippen LogP contribution < -0.4 is 0 Å². The van der Waals surface area contributed by atoms with Crippen LogP contribution in [0.1, 0.15) is 44.1 Å². The number of thiazole rings is 1. The Morgan fingerprint density at radius 3 is 2.90 bits per heavy atom. The van der Waals surface area contributed by atoms with Crippen molar-refractivity contribution >= 4 is 40.6 Å². The van der Waals surface area contributed by atoms with Crippen molar-refractivity contribution in [2.24, 2.45) is 0 Å². The van der Waals surface area contributed by atoms with Gasteiger partial charge >= 0.3 is 0 Å². The number of rotatable bonds is 7. The third kappa shape index (κ3) is 4.87. The van der Waals surface area contributed by atoms with Crippen molar-refractivity contribution in [1.82, 2.24) is 24.6 Å². The van der Waals surface area contributed by atoms with Gasteiger partial charge in [-0.2, -0.15) is 0 Å². The molecule has 2 aromatic heterocycles. The van der Waals surface area contributed by atoms with Gasteiger partial charge in [-0.25, -0.2) is 4.98 Å². The maximum Gasteiger partial charge on any atom is 0.222 e. The highest BCUT2D eigenvalue weighted by Gasteiger charge is 2.21. The van der Waals surface area contributed by atoms with Crippen LogP contribution in [0.3, 0.4) is 0 Å². The SMILES string of the molecule is CCn1c(CN2CCCCCC2=O)nnc1SCc1csc(-c2ccccc2Cl)n1. The van der Waals surface area contributed by atoms with Crippen LogP contribution in [-0.4, -0.2) is 37.1 Å². The first-order valence-corrected chi connectivity index (χ1v) is 12.4. The normalized spacial score (nSPS) is 14.9. The number of likely N-dealkylation sites (tertiary alicyclic amines) is 1. The molecule has 0 bridgehead atoms. The summed E-state index contributed by atoms with van der Waals surface area (Å²) in [5, 5.41) is 13.3. The van der Waals surface area contributed by atoms with Crippen molar-refractivity contribution in [2.45, 2.75) is 56.6 Å². The Labute approximate surface area is 189 Å². The lowest BCUT2D eigenvalue weighted by Gasteiger charge is -2.20.